The molecule has 1 unspecified atom stereocenters. The third-order valence-corrected chi connectivity index (χ3v) is 3.69. The Balaban J connectivity index is 1.68. The topological polar surface area (TPSA) is 51.2 Å². The summed E-state index contributed by atoms with van der Waals surface area (Å²) in [7, 11) is 0. The summed E-state index contributed by atoms with van der Waals surface area (Å²) in [5.41, 5.74) is 1.05. The molecule has 0 aliphatic rings. The van der Waals surface area contributed by atoms with Gasteiger partial charge in [-0.2, -0.15) is 0 Å². The maximum Gasteiger partial charge on any atom is 0.220 e. The average Bonchev–Trinajstić information content (AvgIpc) is 2.52. The molecular weight excluding hydrogens is 344 g/mol. The van der Waals surface area contributed by atoms with E-state index >= 15 is 0 Å². The molecule has 1 amide bonds. The van der Waals surface area contributed by atoms with Crippen LogP contribution in [-0.2, 0) is 4.79 Å². The van der Waals surface area contributed by atoms with Crippen LogP contribution in [0.3, 0.4) is 0 Å². The maximum atomic E-state index is 11.9. The van der Waals surface area contributed by atoms with Crippen molar-refractivity contribution in [1.29, 1.82) is 0 Å². The van der Waals surface area contributed by atoms with Gasteiger partial charge >= 0.3 is 0 Å². The van der Waals surface area contributed by atoms with Gasteiger partial charge in [0.25, 0.3) is 0 Å². The van der Waals surface area contributed by atoms with E-state index in [-0.39, 0.29) is 11.9 Å². The van der Waals surface area contributed by atoms with Gasteiger partial charge in [0.05, 0.1) is 12.6 Å². The van der Waals surface area contributed by atoms with Crippen LogP contribution in [0, 0.1) is 0 Å². The number of halogens is 1. The quantitative estimate of drug-likeness (QED) is 0.760. The van der Waals surface area contributed by atoms with E-state index in [0.717, 1.165) is 15.8 Å². The SMILES string of the molecule is CC(NC(=O)CCCOc1cccc(Br)c1)c1ccncc1. The molecule has 0 saturated carbocycles. The lowest BCUT2D eigenvalue weighted by Gasteiger charge is -2.14. The van der Waals surface area contributed by atoms with Crippen LogP contribution in [0.15, 0.2) is 53.3 Å². The summed E-state index contributed by atoms with van der Waals surface area (Å²) in [6.45, 7) is 2.48. The molecule has 116 valence electrons. The number of amides is 1. The van der Waals surface area contributed by atoms with Crippen molar-refractivity contribution in [2.45, 2.75) is 25.8 Å². The van der Waals surface area contributed by atoms with E-state index < -0.39 is 0 Å². The zero-order chi connectivity index (χ0) is 15.8. The number of carbonyl (C=O) groups is 1. The summed E-state index contributed by atoms with van der Waals surface area (Å²) in [5.74, 6) is 0.835. The number of pyridine rings is 1. The van der Waals surface area contributed by atoms with Crippen molar-refractivity contribution in [2.24, 2.45) is 0 Å². The molecule has 1 heterocycles. The van der Waals surface area contributed by atoms with Crippen LogP contribution < -0.4 is 10.1 Å². The van der Waals surface area contributed by atoms with Crippen molar-refractivity contribution in [2.75, 3.05) is 6.61 Å². The molecular formula is C17H19BrN2O2. The Bertz CT molecular complexity index is 605. The van der Waals surface area contributed by atoms with Gasteiger partial charge in [-0.1, -0.05) is 22.0 Å². The van der Waals surface area contributed by atoms with Gasteiger partial charge in [-0.25, -0.2) is 0 Å². The van der Waals surface area contributed by atoms with E-state index in [1.165, 1.54) is 0 Å². The third-order valence-electron chi connectivity index (χ3n) is 3.20. The molecule has 5 heteroatoms. The smallest absolute Gasteiger partial charge is 0.220 e. The second-order valence-electron chi connectivity index (χ2n) is 4.98. The van der Waals surface area contributed by atoms with Crippen LogP contribution in [0.4, 0.5) is 0 Å². The van der Waals surface area contributed by atoms with Crippen molar-refractivity contribution < 1.29 is 9.53 Å². The molecule has 0 bridgehead atoms. The molecule has 1 N–H and O–H groups in total. The molecule has 1 atom stereocenters. The van der Waals surface area contributed by atoms with Gasteiger partial charge in [0.15, 0.2) is 0 Å². The Morgan fingerprint density at radius 2 is 2.09 bits per heavy atom. The molecule has 0 radical (unpaired) electrons. The second kappa shape index (κ2) is 8.54. The fraction of sp³-hybridized carbons (Fsp3) is 0.294. The van der Waals surface area contributed by atoms with Gasteiger partial charge in [-0.15, -0.1) is 0 Å². The van der Waals surface area contributed by atoms with E-state index in [2.05, 4.69) is 26.2 Å². The molecule has 0 aliphatic carbocycles. The molecule has 0 spiro atoms. The highest BCUT2D eigenvalue weighted by atomic mass is 79.9. The summed E-state index contributed by atoms with van der Waals surface area (Å²) < 4.78 is 6.59. The summed E-state index contributed by atoms with van der Waals surface area (Å²) in [4.78, 5) is 15.9. The van der Waals surface area contributed by atoms with Crippen LogP contribution in [0.2, 0.25) is 0 Å². The monoisotopic (exact) mass is 362 g/mol. The lowest BCUT2D eigenvalue weighted by atomic mass is 10.1. The van der Waals surface area contributed by atoms with Crippen molar-refractivity contribution in [3.05, 3.63) is 58.8 Å². The van der Waals surface area contributed by atoms with Crippen LogP contribution in [0.1, 0.15) is 31.4 Å². The molecule has 1 aromatic carbocycles. The summed E-state index contributed by atoms with van der Waals surface area (Å²) in [6, 6.07) is 11.5. The molecule has 22 heavy (non-hydrogen) atoms. The van der Waals surface area contributed by atoms with Crippen molar-refractivity contribution in [3.63, 3.8) is 0 Å². The summed E-state index contributed by atoms with van der Waals surface area (Å²) in [5, 5.41) is 2.97. The number of rotatable bonds is 7. The zero-order valence-electron chi connectivity index (χ0n) is 12.5. The largest absolute Gasteiger partial charge is 0.494 e. The Morgan fingerprint density at radius 1 is 1.32 bits per heavy atom. The number of aromatic nitrogens is 1. The molecule has 2 rings (SSSR count). The Hall–Kier alpha value is -1.88. The van der Waals surface area contributed by atoms with Gasteiger partial charge < -0.3 is 10.1 Å². The number of hydrogen-bond donors (Lipinski definition) is 1. The average molecular weight is 363 g/mol. The minimum Gasteiger partial charge on any atom is -0.494 e. The number of carbonyl (C=O) groups excluding carboxylic acids is 1. The summed E-state index contributed by atoms with van der Waals surface area (Å²) >= 11 is 3.40. The second-order valence-corrected chi connectivity index (χ2v) is 5.89. The molecule has 0 aliphatic heterocycles. The van der Waals surface area contributed by atoms with Crippen LogP contribution in [0.25, 0.3) is 0 Å². The fourth-order valence-electron chi connectivity index (χ4n) is 2.03. The Labute approximate surface area is 139 Å². The molecule has 0 fully saturated rings. The van der Waals surface area contributed by atoms with Crippen molar-refractivity contribution in [1.82, 2.24) is 10.3 Å². The lowest BCUT2D eigenvalue weighted by molar-refractivity contribution is -0.121. The van der Waals surface area contributed by atoms with Crippen LogP contribution in [0.5, 0.6) is 5.75 Å². The first-order valence-electron chi connectivity index (χ1n) is 7.23. The normalized spacial score (nSPS) is 11.7. The van der Waals surface area contributed by atoms with Crippen molar-refractivity contribution >= 4 is 21.8 Å². The number of hydrogen-bond acceptors (Lipinski definition) is 3. The number of ether oxygens (including phenoxy) is 1. The van der Waals surface area contributed by atoms with E-state index in [0.29, 0.717) is 19.4 Å². The van der Waals surface area contributed by atoms with E-state index in [4.69, 9.17) is 4.74 Å². The highest BCUT2D eigenvalue weighted by Crippen LogP contribution is 2.18. The van der Waals surface area contributed by atoms with Gasteiger partial charge in [-0.05, 0) is 49.2 Å². The van der Waals surface area contributed by atoms with Gasteiger partial charge in [0, 0.05) is 23.3 Å². The van der Waals surface area contributed by atoms with E-state index in [1.54, 1.807) is 12.4 Å². The minimum absolute atomic E-state index is 0.0125. The minimum atomic E-state index is -0.0125. The van der Waals surface area contributed by atoms with Gasteiger partial charge in [0.1, 0.15) is 5.75 Å². The number of benzene rings is 1. The van der Waals surface area contributed by atoms with Crippen LogP contribution >= 0.6 is 15.9 Å². The Morgan fingerprint density at radius 3 is 2.82 bits per heavy atom. The first-order valence-corrected chi connectivity index (χ1v) is 8.02. The Kier molecular flexibility index (Phi) is 6.40. The first-order chi connectivity index (χ1) is 10.6. The first kappa shape index (κ1) is 16.5. The highest BCUT2D eigenvalue weighted by Gasteiger charge is 2.09. The predicted octanol–water partition coefficient (Wildman–Crippen LogP) is 3.88. The fourth-order valence-corrected chi connectivity index (χ4v) is 2.41. The van der Waals surface area contributed by atoms with E-state index in [1.807, 2.05) is 43.3 Å². The van der Waals surface area contributed by atoms with Crippen LogP contribution in [-0.4, -0.2) is 17.5 Å². The predicted molar refractivity (Wildman–Crippen MR) is 89.7 cm³/mol. The molecule has 4 nitrogen and oxygen atoms in total. The molecule has 1 aromatic heterocycles. The van der Waals surface area contributed by atoms with E-state index in [9.17, 15) is 4.79 Å². The molecule has 2 aromatic rings. The van der Waals surface area contributed by atoms with Gasteiger partial charge in [-0.3, -0.25) is 9.78 Å². The third kappa shape index (κ3) is 5.48. The molecule has 0 saturated heterocycles. The lowest BCUT2D eigenvalue weighted by Crippen LogP contribution is -2.26. The van der Waals surface area contributed by atoms with Crippen molar-refractivity contribution in [3.8, 4) is 5.75 Å². The summed E-state index contributed by atoms with van der Waals surface area (Å²) in [6.07, 6.45) is 4.58. The zero-order valence-corrected chi connectivity index (χ0v) is 14.0. The number of nitrogens with one attached hydrogen (secondary N) is 1. The highest BCUT2D eigenvalue weighted by molar-refractivity contribution is 9.10. The number of nitrogens with zero attached hydrogens (tertiary/aromatic N) is 1. The standard InChI is InChI=1S/C17H19BrN2O2/c1-13(14-7-9-19-10-8-14)20-17(21)6-3-11-22-16-5-2-4-15(18)12-16/h2,4-5,7-10,12-13H,3,6,11H2,1H3,(H,20,21). The maximum absolute atomic E-state index is 11.9. The van der Waals surface area contributed by atoms with Gasteiger partial charge in [0.2, 0.25) is 5.91 Å².